The van der Waals surface area contributed by atoms with Crippen molar-refractivity contribution in [3.8, 4) is 0 Å². The first-order valence-electron chi connectivity index (χ1n) is 8.32. The van der Waals surface area contributed by atoms with Crippen LogP contribution in [0.25, 0.3) is 0 Å². The van der Waals surface area contributed by atoms with Gasteiger partial charge in [0.25, 0.3) is 11.8 Å². The maximum atomic E-state index is 12.9. The van der Waals surface area contributed by atoms with Crippen LogP contribution in [-0.4, -0.2) is 42.4 Å². The zero-order valence-corrected chi connectivity index (χ0v) is 16.4. The first-order chi connectivity index (χ1) is 12.9. The second-order valence-corrected chi connectivity index (χ2v) is 7.02. The van der Waals surface area contributed by atoms with E-state index in [4.69, 9.17) is 9.47 Å². The molecule has 1 aliphatic rings. The van der Waals surface area contributed by atoms with Gasteiger partial charge in [0.1, 0.15) is 18.8 Å². The minimum Gasteiger partial charge on any atom is -0.464 e. The summed E-state index contributed by atoms with van der Waals surface area (Å²) in [6, 6.07) is 13.2. The SMILES string of the molecule is CO[C@H](c1ccc(Br)cc1)[C@@H](COC(C)=O)N1C(=O)c2ccccc2C1=O. The van der Waals surface area contributed by atoms with E-state index in [0.29, 0.717) is 11.1 Å². The van der Waals surface area contributed by atoms with Crippen LogP contribution in [-0.2, 0) is 14.3 Å². The molecule has 0 aromatic heterocycles. The van der Waals surface area contributed by atoms with E-state index in [2.05, 4.69) is 15.9 Å². The fourth-order valence-corrected chi connectivity index (χ4v) is 3.44. The Hall–Kier alpha value is -2.51. The molecular formula is C20H18BrNO5. The molecule has 7 heteroatoms. The lowest BCUT2D eigenvalue weighted by Gasteiger charge is -2.32. The monoisotopic (exact) mass is 431 g/mol. The van der Waals surface area contributed by atoms with E-state index < -0.39 is 29.9 Å². The topological polar surface area (TPSA) is 72.9 Å². The van der Waals surface area contributed by atoms with Gasteiger partial charge in [0.2, 0.25) is 0 Å². The first-order valence-corrected chi connectivity index (χ1v) is 9.12. The Bertz CT molecular complexity index is 845. The normalized spacial score (nSPS) is 15.4. The third-order valence-electron chi connectivity index (χ3n) is 4.42. The molecule has 0 spiro atoms. The van der Waals surface area contributed by atoms with Crippen LogP contribution in [0.2, 0.25) is 0 Å². The van der Waals surface area contributed by atoms with E-state index in [1.54, 1.807) is 24.3 Å². The highest BCUT2D eigenvalue weighted by Gasteiger charge is 2.43. The van der Waals surface area contributed by atoms with Gasteiger partial charge in [0, 0.05) is 18.5 Å². The van der Waals surface area contributed by atoms with E-state index in [1.807, 2.05) is 24.3 Å². The summed E-state index contributed by atoms with van der Waals surface area (Å²) in [6.45, 7) is 1.12. The second kappa shape index (κ2) is 8.02. The van der Waals surface area contributed by atoms with Crippen LogP contribution in [0.4, 0.5) is 0 Å². The van der Waals surface area contributed by atoms with Crippen molar-refractivity contribution in [2.75, 3.05) is 13.7 Å². The number of fused-ring (bicyclic) bond motifs is 1. The molecule has 6 nitrogen and oxygen atoms in total. The van der Waals surface area contributed by atoms with Gasteiger partial charge in [-0.15, -0.1) is 0 Å². The molecular weight excluding hydrogens is 414 g/mol. The summed E-state index contributed by atoms with van der Waals surface area (Å²) < 4.78 is 11.7. The number of carbonyl (C=O) groups excluding carboxylic acids is 3. The zero-order chi connectivity index (χ0) is 19.6. The number of ether oxygens (including phenoxy) is 2. The summed E-state index contributed by atoms with van der Waals surface area (Å²) >= 11 is 3.38. The summed E-state index contributed by atoms with van der Waals surface area (Å²) in [6.07, 6.45) is -0.653. The number of nitrogens with zero attached hydrogens (tertiary/aromatic N) is 1. The van der Waals surface area contributed by atoms with Crippen LogP contribution in [0.15, 0.2) is 53.0 Å². The number of halogens is 1. The van der Waals surface area contributed by atoms with E-state index in [0.717, 1.165) is 14.9 Å². The molecule has 0 aliphatic carbocycles. The zero-order valence-electron chi connectivity index (χ0n) is 14.8. The first kappa shape index (κ1) is 19.3. The minimum absolute atomic E-state index is 0.157. The number of esters is 1. The molecule has 2 amide bonds. The Balaban J connectivity index is 2.00. The van der Waals surface area contributed by atoms with E-state index in [1.165, 1.54) is 14.0 Å². The Labute approximate surface area is 165 Å². The van der Waals surface area contributed by atoms with Crippen LogP contribution in [0.3, 0.4) is 0 Å². The number of methoxy groups -OCH3 is 1. The molecule has 1 aliphatic heterocycles. The molecule has 0 saturated carbocycles. The highest BCUT2D eigenvalue weighted by atomic mass is 79.9. The Morgan fingerprint density at radius 1 is 1.04 bits per heavy atom. The lowest BCUT2D eigenvalue weighted by atomic mass is 10.0. The number of hydrogen-bond acceptors (Lipinski definition) is 5. The Morgan fingerprint density at radius 3 is 2.07 bits per heavy atom. The number of carbonyl (C=O) groups is 3. The maximum absolute atomic E-state index is 12.9. The summed E-state index contributed by atoms with van der Waals surface area (Å²) in [5, 5.41) is 0. The van der Waals surface area contributed by atoms with Gasteiger partial charge in [-0.25, -0.2) is 0 Å². The lowest BCUT2D eigenvalue weighted by Crippen LogP contribution is -2.47. The van der Waals surface area contributed by atoms with Crippen molar-refractivity contribution in [1.29, 1.82) is 0 Å². The molecule has 0 bridgehead atoms. The number of rotatable bonds is 6. The average molecular weight is 432 g/mol. The van der Waals surface area contributed by atoms with Crippen LogP contribution in [0.5, 0.6) is 0 Å². The molecule has 0 fully saturated rings. The molecule has 2 aromatic rings. The fraction of sp³-hybridized carbons (Fsp3) is 0.250. The number of hydrogen-bond donors (Lipinski definition) is 0. The van der Waals surface area contributed by atoms with Gasteiger partial charge in [-0.3, -0.25) is 19.3 Å². The highest BCUT2D eigenvalue weighted by molar-refractivity contribution is 9.10. The van der Waals surface area contributed by atoms with Crippen molar-refractivity contribution in [2.45, 2.75) is 19.1 Å². The van der Waals surface area contributed by atoms with Gasteiger partial charge in [-0.2, -0.15) is 0 Å². The van der Waals surface area contributed by atoms with Crippen molar-refractivity contribution in [3.05, 3.63) is 69.7 Å². The Kier molecular flexibility index (Phi) is 5.72. The highest BCUT2D eigenvalue weighted by Crippen LogP contribution is 2.32. The third-order valence-corrected chi connectivity index (χ3v) is 4.95. The Morgan fingerprint density at radius 2 is 1.59 bits per heavy atom. The van der Waals surface area contributed by atoms with Crippen molar-refractivity contribution in [3.63, 3.8) is 0 Å². The quantitative estimate of drug-likeness (QED) is 0.517. The van der Waals surface area contributed by atoms with Gasteiger partial charge in [-0.05, 0) is 29.8 Å². The largest absolute Gasteiger partial charge is 0.464 e. The van der Waals surface area contributed by atoms with Crippen molar-refractivity contribution in [2.24, 2.45) is 0 Å². The maximum Gasteiger partial charge on any atom is 0.302 e. The average Bonchev–Trinajstić information content (AvgIpc) is 2.91. The summed E-state index contributed by atoms with van der Waals surface area (Å²) in [5.74, 6) is -1.35. The van der Waals surface area contributed by atoms with Gasteiger partial charge < -0.3 is 9.47 Å². The molecule has 0 N–H and O–H groups in total. The van der Waals surface area contributed by atoms with Crippen LogP contribution in [0, 0.1) is 0 Å². The number of amides is 2. The van der Waals surface area contributed by atoms with E-state index >= 15 is 0 Å². The molecule has 1 heterocycles. The van der Waals surface area contributed by atoms with Gasteiger partial charge >= 0.3 is 5.97 Å². The van der Waals surface area contributed by atoms with Gasteiger partial charge in [0.15, 0.2) is 0 Å². The standard InChI is InChI=1S/C20H18BrNO5/c1-12(23)27-11-17(18(26-2)13-7-9-14(21)10-8-13)22-19(24)15-5-3-4-6-16(15)20(22)25/h3-10,17-18H,11H2,1-2H3/t17-,18-/m1/s1. The molecule has 2 atom stereocenters. The lowest BCUT2D eigenvalue weighted by molar-refractivity contribution is -0.143. The molecule has 0 saturated heterocycles. The minimum atomic E-state index is -0.799. The smallest absolute Gasteiger partial charge is 0.302 e. The molecule has 27 heavy (non-hydrogen) atoms. The van der Waals surface area contributed by atoms with Crippen LogP contribution >= 0.6 is 15.9 Å². The third kappa shape index (κ3) is 3.79. The fourth-order valence-electron chi connectivity index (χ4n) is 3.18. The van der Waals surface area contributed by atoms with Gasteiger partial charge in [-0.1, -0.05) is 40.2 Å². The summed E-state index contributed by atoms with van der Waals surface area (Å²) in [4.78, 5) is 38.3. The molecule has 140 valence electrons. The van der Waals surface area contributed by atoms with Crippen LogP contribution < -0.4 is 0 Å². The summed E-state index contributed by atoms with van der Waals surface area (Å²) in [5.41, 5.74) is 1.43. The van der Waals surface area contributed by atoms with Crippen molar-refractivity contribution in [1.82, 2.24) is 4.90 Å². The molecule has 0 radical (unpaired) electrons. The predicted octanol–water partition coefficient (Wildman–Crippen LogP) is 3.36. The predicted molar refractivity (Wildman–Crippen MR) is 101 cm³/mol. The number of imide groups is 1. The molecule has 3 rings (SSSR count). The van der Waals surface area contributed by atoms with Crippen molar-refractivity contribution >= 4 is 33.7 Å². The molecule has 2 aromatic carbocycles. The number of benzene rings is 2. The molecule has 0 unspecified atom stereocenters. The van der Waals surface area contributed by atoms with Crippen molar-refractivity contribution < 1.29 is 23.9 Å². The second-order valence-electron chi connectivity index (χ2n) is 6.10. The van der Waals surface area contributed by atoms with E-state index in [-0.39, 0.29) is 6.61 Å². The van der Waals surface area contributed by atoms with E-state index in [9.17, 15) is 14.4 Å². The van der Waals surface area contributed by atoms with Gasteiger partial charge in [0.05, 0.1) is 11.1 Å². The summed E-state index contributed by atoms with van der Waals surface area (Å²) in [7, 11) is 1.49. The van der Waals surface area contributed by atoms with Crippen LogP contribution in [0.1, 0.15) is 39.3 Å².